The summed E-state index contributed by atoms with van der Waals surface area (Å²) in [5, 5.41) is 9.55. The van der Waals surface area contributed by atoms with Gasteiger partial charge < -0.3 is 0 Å². The minimum atomic E-state index is -0.0540. The fourth-order valence-corrected chi connectivity index (χ4v) is 1.85. The second-order valence-corrected chi connectivity index (χ2v) is 4.70. The molecule has 3 rings (SSSR count). The Labute approximate surface area is 120 Å². The normalized spacial score (nSPS) is 12.9. The second-order valence-electron chi connectivity index (χ2n) is 4.26. The summed E-state index contributed by atoms with van der Waals surface area (Å²) in [5.74, 6) is -0.0540. The van der Waals surface area contributed by atoms with Crippen LogP contribution in [0.2, 0.25) is 5.02 Å². The van der Waals surface area contributed by atoms with E-state index in [2.05, 4.69) is 10.4 Å². The highest BCUT2D eigenvalue weighted by molar-refractivity contribution is 6.30. The van der Waals surface area contributed by atoms with Gasteiger partial charge in [-0.2, -0.15) is 0 Å². The van der Waals surface area contributed by atoms with Gasteiger partial charge in [0.25, 0.3) is 0 Å². The van der Waals surface area contributed by atoms with Gasteiger partial charge in [0, 0.05) is 10.6 Å². The Kier molecular flexibility index (Phi) is 3.31. The predicted octanol–water partition coefficient (Wildman–Crippen LogP) is 4.34. The Balaban J connectivity index is 1.69. The standard InChI is InChI=1S/C15H10ClN3O/c16-13-6-4-12(5-7-13)15(20)10-3-11-1-8-14(9-2-11)19-17-18-19/h1-10H. The molecule has 0 radical (unpaired) electrons. The van der Waals surface area contributed by atoms with Crippen molar-refractivity contribution in [1.29, 1.82) is 0 Å². The number of carbonyl (C=O) groups excluding carboxylic acids is 1. The van der Waals surface area contributed by atoms with E-state index in [0.717, 1.165) is 11.3 Å². The van der Waals surface area contributed by atoms with Crippen molar-refractivity contribution in [2.45, 2.75) is 0 Å². The molecule has 0 aromatic heterocycles. The van der Waals surface area contributed by atoms with E-state index in [1.54, 1.807) is 36.4 Å². The molecule has 0 bridgehead atoms. The average Bonchev–Trinajstić information content (AvgIpc) is 3.31. The van der Waals surface area contributed by atoms with Crippen molar-refractivity contribution in [3.05, 3.63) is 70.8 Å². The molecule has 1 aliphatic heterocycles. The van der Waals surface area contributed by atoms with Gasteiger partial charge in [0.15, 0.2) is 5.78 Å². The molecule has 1 aliphatic rings. The number of hydrogen-bond donors (Lipinski definition) is 0. The van der Waals surface area contributed by atoms with Crippen LogP contribution >= 0.6 is 11.6 Å². The lowest BCUT2D eigenvalue weighted by atomic mass is 10.1. The third-order valence-electron chi connectivity index (χ3n) is 2.86. The zero-order valence-electron chi connectivity index (χ0n) is 10.4. The number of benzene rings is 2. The van der Waals surface area contributed by atoms with E-state index in [4.69, 9.17) is 11.6 Å². The summed E-state index contributed by atoms with van der Waals surface area (Å²) >= 11 is 5.79. The molecule has 0 atom stereocenters. The van der Waals surface area contributed by atoms with E-state index in [1.807, 2.05) is 24.3 Å². The first-order chi connectivity index (χ1) is 9.72. The number of allylic oxidation sites excluding steroid dienone is 1. The molecule has 20 heavy (non-hydrogen) atoms. The van der Waals surface area contributed by atoms with E-state index in [0.29, 0.717) is 10.6 Å². The average molecular weight is 284 g/mol. The van der Waals surface area contributed by atoms with Crippen molar-refractivity contribution < 1.29 is 4.79 Å². The molecule has 2 aromatic rings. The maximum atomic E-state index is 11.9. The van der Waals surface area contributed by atoms with Gasteiger partial charge in [-0.3, -0.25) is 4.79 Å². The number of rotatable bonds is 4. The smallest absolute Gasteiger partial charge is 0.185 e. The van der Waals surface area contributed by atoms with Crippen molar-refractivity contribution in [1.82, 2.24) is 0 Å². The van der Waals surface area contributed by atoms with Crippen LogP contribution in [0.1, 0.15) is 15.9 Å². The molecule has 4 nitrogen and oxygen atoms in total. The summed E-state index contributed by atoms with van der Waals surface area (Å²) in [6.45, 7) is 0. The second kappa shape index (κ2) is 5.27. The van der Waals surface area contributed by atoms with Gasteiger partial charge in [-0.25, -0.2) is 0 Å². The quantitative estimate of drug-likeness (QED) is 0.619. The van der Waals surface area contributed by atoms with Crippen LogP contribution in [-0.2, 0) is 0 Å². The van der Waals surface area contributed by atoms with E-state index in [1.165, 1.54) is 5.12 Å². The highest BCUT2D eigenvalue weighted by atomic mass is 35.5. The summed E-state index contributed by atoms with van der Waals surface area (Å²) in [4.78, 5) is 11.9. The maximum Gasteiger partial charge on any atom is 0.185 e. The number of anilines is 1. The number of halogens is 1. The number of ketones is 1. The van der Waals surface area contributed by atoms with Crippen LogP contribution in [0, 0.1) is 0 Å². The third-order valence-corrected chi connectivity index (χ3v) is 3.11. The van der Waals surface area contributed by atoms with Gasteiger partial charge in [0.2, 0.25) is 0 Å². The summed E-state index contributed by atoms with van der Waals surface area (Å²) < 4.78 is 0. The van der Waals surface area contributed by atoms with Crippen molar-refractivity contribution in [3.8, 4) is 0 Å². The zero-order chi connectivity index (χ0) is 13.9. The maximum absolute atomic E-state index is 11.9. The van der Waals surface area contributed by atoms with Crippen molar-refractivity contribution >= 4 is 29.1 Å². The van der Waals surface area contributed by atoms with E-state index >= 15 is 0 Å². The predicted molar refractivity (Wildman–Crippen MR) is 78.6 cm³/mol. The molecular formula is C15H10ClN3O. The molecular weight excluding hydrogens is 274 g/mol. The minimum Gasteiger partial charge on any atom is -0.289 e. The molecule has 98 valence electrons. The summed E-state index contributed by atoms with van der Waals surface area (Å²) in [5.41, 5.74) is 2.47. The Bertz CT molecular complexity index is 684. The topological polar surface area (TPSA) is 44.8 Å². The summed E-state index contributed by atoms with van der Waals surface area (Å²) in [6.07, 6.45) is 3.32. The Morgan fingerprint density at radius 2 is 1.65 bits per heavy atom. The molecule has 0 fully saturated rings. The molecule has 0 saturated carbocycles. The first-order valence-electron chi connectivity index (χ1n) is 6.02. The van der Waals surface area contributed by atoms with E-state index < -0.39 is 0 Å². The molecule has 2 aromatic carbocycles. The number of nitrogens with zero attached hydrogens (tertiary/aromatic N) is 3. The van der Waals surface area contributed by atoms with Crippen molar-refractivity contribution in [2.24, 2.45) is 10.4 Å². The lowest BCUT2D eigenvalue weighted by Crippen LogP contribution is -1.93. The fraction of sp³-hybridized carbons (Fsp3) is 0. The molecule has 0 unspecified atom stereocenters. The molecule has 0 amide bonds. The third kappa shape index (κ3) is 2.92. The fourth-order valence-electron chi connectivity index (χ4n) is 1.72. The highest BCUT2D eigenvalue weighted by Crippen LogP contribution is 2.23. The van der Waals surface area contributed by atoms with Crippen LogP contribution < -0.4 is 5.12 Å². The van der Waals surface area contributed by atoms with Gasteiger partial charge in [-0.15, -0.1) is 5.12 Å². The van der Waals surface area contributed by atoms with Gasteiger partial charge >= 0.3 is 0 Å². The van der Waals surface area contributed by atoms with Crippen molar-refractivity contribution in [2.75, 3.05) is 5.12 Å². The van der Waals surface area contributed by atoms with E-state index in [9.17, 15) is 4.79 Å². The molecule has 0 aliphatic carbocycles. The minimum absolute atomic E-state index is 0.0540. The van der Waals surface area contributed by atoms with E-state index in [-0.39, 0.29) is 5.78 Å². The number of hydrogen-bond acceptors (Lipinski definition) is 4. The summed E-state index contributed by atoms with van der Waals surface area (Å²) in [6, 6.07) is 14.4. The van der Waals surface area contributed by atoms with Crippen molar-refractivity contribution in [3.63, 3.8) is 0 Å². The van der Waals surface area contributed by atoms with Crippen LogP contribution in [-0.4, -0.2) is 5.78 Å². The largest absolute Gasteiger partial charge is 0.289 e. The van der Waals surface area contributed by atoms with Crippen LogP contribution in [0.3, 0.4) is 0 Å². The van der Waals surface area contributed by atoms with Gasteiger partial charge in [-0.1, -0.05) is 29.8 Å². The molecule has 1 heterocycles. The highest BCUT2D eigenvalue weighted by Gasteiger charge is 2.12. The molecule has 0 N–H and O–H groups in total. The Morgan fingerprint density at radius 1 is 1.00 bits per heavy atom. The lowest BCUT2D eigenvalue weighted by Gasteiger charge is -1.98. The van der Waals surface area contributed by atoms with Crippen LogP contribution in [0.5, 0.6) is 0 Å². The Morgan fingerprint density at radius 3 is 2.25 bits per heavy atom. The van der Waals surface area contributed by atoms with Gasteiger partial charge in [0.1, 0.15) is 0 Å². The van der Waals surface area contributed by atoms with Gasteiger partial charge in [-0.05, 0) is 58.5 Å². The first kappa shape index (κ1) is 12.6. The zero-order valence-corrected chi connectivity index (χ0v) is 11.2. The molecule has 5 heteroatoms. The lowest BCUT2D eigenvalue weighted by molar-refractivity contribution is 0.104. The Hall–Kier alpha value is -2.46. The number of carbonyl (C=O) groups is 1. The SMILES string of the molecule is O=C(C=Cc1ccc(N2N=N2)cc1)c1ccc(Cl)cc1. The monoisotopic (exact) mass is 283 g/mol. The summed E-state index contributed by atoms with van der Waals surface area (Å²) in [7, 11) is 0. The van der Waals surface area contributed by atoms with Crippen LogP contribution in [0.25, 0.3) is 6.08 Å². The van der Waals surface area contributed by atoms with Gasteiger partial charge in [0.05, 0.1) is 5.69 Å². The molecule has 0 saturated heterocycles. The first-order valence-corrected chi connectivity index (χ1v) is 6.40. The van der Waals surface area contributed by atoms with Crippen LogP contribution in [0.15, 0.2) is 65.1 Å². The van der Waals surface area contributed by atoms with Crippen LogP contribution in [0.4, 0.5) is 5.69 Å². The molecule has 0 spiro atoms.